The maximum absolute atomic E-state index is 14.9. The van der Waals surface area contributed by atoms with Crippen LogP contribution in [0.2, 0.25) is 0 Å². The van der Waals surface area contributed by atoms with E-state index in [9.17, 15) is 18.8 Å². The molecule has 2 amide bonds. The summed E-state index contributed by atoms with van der Waals surface area (Å²) in [6.45, 7) is 1.67. The van der Waals surface area contributed by atoms with Crippen LogP contribution < -0.4 is 10.6 Å². The van der Waals surface area contributed by atoms with E-state index in [0.717, 1.165) is 0 Å². The Morgan fingerprint density at radius 3 is 2.54 bits per heavy atom. The third kappa shape index (κ3) is 3.18. The average molecular weight is 332 g/mol. The number of hydrogen-bond donors (Lipinski definition) is 2. The van der Waals surface area contributed by atoms with E-state index in [1.54, 1.807) is 25.1 Å². The number of hydrogen-bond acceptors (Lipinski definition) is 4. The lowest BCUT2D eigenvalue weighted by molar-refractivity contribution is -0.136. The molecule has 0 unspecified atom stereocenters. The number of carbonyl (C=O) groups excluding carboxylic acids is 3. The monoisotopic (exact) mass is 332 g/mol. The number of halogens is 1. The van der Waals surface area contributed by atoms with Crippen LogP contribution in [0.15, 0.2) is 18.2 Å². The lowest BCUT2D eigenvalue weighted by atomic mass is 9.83. The smallest absolute Gasteiger partial charge is 0.251 e. The minimum absolute atomic E-state index is 0.0269. The van der Waals surface area contributed by atoms with Crippen LogP contribution >= 0.6 is 0 Å². The minimum atomic E-state index is -1.02. The van der Waals surface area contributed by atoms with Crippen molar-refractivity contribution in [1.82, 2.24) is 5.32 Å². The summed E-state index contributed by atoms with van der Waals surface area (Å²) in [5, 5.41) is 5.27. The van der Waals surface area contributed by atoms with Crippen molar-refractivity contribution in [3.8, 4) is 0 Å². The first-order valence-corrected chi connectivity index (χ1v) is 8.31. The molecule has 128 valence electrons. The zero-order valence-electron chi connectivity index (χ0n) is 13.7. The van der Waals surface area contributed by atoms with Crippen molar-refractivity contribution in [2.45, 2.75) is 56.9 Å². The molecular formula is C18H21FN2O3. The van der Waals surface area contributed by atoms with Gasteiger partial charge in [0.05, 0.1) is 5.69 Å². The molecule has 3 rings (SSSR count). The van der Waals surface area contributed by atoms with Crippen LogP contribution in [-0.4, -0.2) is 23.1 Å². The van der Waals surface area contributed by atoms with Crippen LogP contribution in [0.5, 0.6) is 0 Å². The summed E-state index contributed by atoms with van der Waals surface area (Å²) in [5.41, 5.74) is -0.171. The Balaban J connectivity index is 1.82. The number of piperidine rings is 1. The van der Waals surface area contributed by atoms with Crippen LogP contribution in [-0.2, 0) is 14.4 Å². The van der Waals surface area contributed by atoms with Gasteiger partial charge in [-0.25, -0.2) is 4.39 Å². The van der Waals surface area contributed by atoms with E-state index < -0.39 is 11.4 Å². The summed E-state index contributed by atoms with van der Waals surface area (Å²) in [4.78, 5) is 34.8. The third-order valence-electron chi connectivity index (χ3n) is 5.03. The van der Waals surface area contributed by atoms with E-state index >= 15 is 0 Å². The molecule has 2 fully saturated rings. The Kier molecular flexibility index (Phi) is 4.39. The second-order valence-electron chi connectivity index (χ2n) is 6.86. The van der Waals surface area contributed by atoms with Gasteiger partial charge in [-0.3, -0.25) is 19.7 Å². The number of rotatable bonds is 3. The topological polar surface area (TPSA) is 75.3 Å². The number of anilines is 1. The Hall–Kier alpha value is -2.24. The van der Waals surface area contributed by atoms with Crippen molar-refractivity contribution in [2.75, 3.05) is 5.32 Å². The highest BCUT2D eigenvalue weighted by Crippen LogP contribution is 2.35. The molecule has 1 heterocycles. The van der Waals surface area contributed by atoms with Gasteiger partial charge in [0, 0.05) is 19.3 Å². The summed E-state index contributed by atoms with van der Waals surface area (Å²) in [6, 6.07) is 5.10. The molecule has 1 aromatic rings. The Bertz CT molecular complexity index is 694. The molecule has 2 N–H and O–H groups in total. The molecule has 5 nitrogen and oxygen atoms in total. The van der Waals surface area contributed by atoms with E-state index in [2.05, 4.69) is 10.6 Å². The van der Waals surface area contributed by atoms with Crippen LogP contribution in [0, 0.1) is 5.82 Å². The van der Waals surface area contributed by atoms with Crippen LogP contribution in [0.4, 0.5) is 10.1 Å². The summed E-state index contributed by atoms with van der Waals surface area (Å²) < 4.78 is 14.9. The van der Waals surface area contributed by atoms with Gasteiger partial charge in [-0.05, 0) is 43.7 Å². The molecule has 0 radical (unpaired) electrons. The molecule has 2 aliphatic rings. The normalized spacial score (nSPS) is 25.5. The lowest BCUT2D eigenvalue weighted by Crippen LogP contribution is -2.56. The summed E-state index contributed by atoms with van der Waals surface area (Å²) in [5.74, 6) is -0.856. The fraction of sp³-hybridized carbons (Fsp3) is 0.500. The first-order chi connectivity index (χ1) is 11.4. The SMILES string of the molecule is C[C@@]1(Nc2cccc(C3CCC(=O)CC3)c2F)CCC(=O)NC1=O. The molecule has 0 spiro atoms. The molecule has 1 saturated heterocycles. The van der Waals surface area contributed by atoms with Crippen molar-refractivity contribution in [3.05, 3.63) is 29.6 Å². The van der Waals surface area contributed by atoms with Gasteiger partial charge in [-0.15, -0.1) is 0 Å². The maximum atomic E-state index is 14.9. The van der Waals surface area contributed by atoms with Crippen molar-refractivity contribution < 1.29 is 18.8 Å². The van der Waals surface area contributed by atoms with Gasteiger partial charge in [0.15, 0.2) is 0 Å². The quantitative estimate of drug-likeness (QED) is 0.835. The Morgan fingerprint density at radius 1 is 1.17 bits per heavy atom. The van der Waals surface area contributed by atoms with Gasteiger partial charge in [-0.2, -0.15) is 0 Å². The highest BCUT2D eigenvalue weighted by Gasteiger charge is 2.39. The maximum Gasteiger partial charge on any atom is 0.251 e. The fourth-order valence-corrected chi connectivity index (χ4v) is 3.43. The Labute approximate surface area is 140 Å². The van der Waals surface area contributed by atoms with Crippen LogP contribution in [0.1, 0.15) is 56.9 Å². The molecule has 6 heteroatoms. The van der Waals surface area contributed by atoms with E-state index in [0.29, 0.717) is 37.7 Å². The predicted molar refractivity (Wildman–Crippen MR) is 87.0 cm³/mol. The van der Waals surface area contributed by atoms with E-state index in [1.807, 2.05) is 0 Å². The molecule has 1 aliphatic heterocycles. The number of carbonyl (C=O) groups is 3. The highest BCUT2D eigenvalue weighted by molar-refractivity contribution is 6.03. The molecule has 24 heavy (non-hydrogen) atoms. The molecule has 1 saturated carbocycles. The Morgan fingerprint density at radius 2 is 1.88 bits per heavy atom. The standard InChI is InChI=1S/C18H21FN2O3/c1-18(10-9-15(23)20-17(18)24)21-14-4-2-3-13(16(14)19)11-5-7-12(22)8-6-11/h2-4,11,21H,5-10H2,1H3,(H,20,23,24)/t18-/m1/s1. The van der Waals surface area contributed by atoms with Gasteiger partial charge in [-0.1, -0.05) is 12.1 Å². The molecule has 1 aliphatic carbocycles. The number of benzene rings is 1. The first kappa shape index (κ1) is 16.6. The third-order valence-corrected chi connectivity index (χ3v) is 5.03. The van der Waals surface area contributed by atoms with Crippen molar-refractivity contribution in [3.63, 3.8) is 0 Å². The molecule has 1 aromatic carbocycles. The van der Waals surface area contributed by atoms with E-state index in [-0.39, 0.29) is 35.5 Å². The lowest BCUT2D eigenvalue weighted by Gasteiger charge is -2.34. The van der Waals surface area contributed by atoms with E-state index in [1.165, 1.54) is 0 Å². The van der Waals surface area contributed by atoms with Crippen LogP contribution in [0.3, 0.4) is 0 Å². The highest BCUT2D eigenvalue weighted by atomic mass is 19.1. The largest absolute Gasteiger partial charge is 0.369 e. The number of imide groups is 1. The van der Waals surface area contributed by atoms with Crippen LogP contribution in [0.25, 0.3) is 0 Å². The van der Waals surface area contributed by atoms with Gasteiger partial charge in [0.1, 0.15) is 17.1 Å². The summed E-state index contributed by atoms with van der Waals surface area (Å²) >= 11 is 0. The number of Topliss-reactive ketones (excluding diaryl/α,β-unsaturated/α-hetero) is 1. The fourth-order valence-electron chi connectivity index (χ4n) is 3.43. The number of ketones is 1. The van der Waals surface area contributed by atoms with Crippen molar-refractivity contribution in [1.29, 1.82) is 0 Å². The van der Waals surface area contributed by atoms with Crippen molar-refractivity contribution in [2.24, 2.45) is 0 Å². The predicted octanol–water partition coefficient (Wildman–Crippen LogP) is 2.66. The zero-order valence-corrected chi connectivity index (χ0v) is 13.7. The minimum Gasteiger partial charge on any atom is -0.369 e. The average Bonchev–Trinajstić information content (AvgIpc) is 2.55. The first-order valence-electron chi connectivity index (χ1n) is 8.31. The molecule has 1 atom stereocenters. The summed E-state index contributed by atoms with van der Waals surface area (Å²) in [7, 11) is 0. The molecule has 0 aromatic heterocycles. The van der Waals surface area contributed by atoms with Crippen molar-refractivity contribution >= 4 is 23.3 Å². The summed E-state index contributed by atoms with van der Waals surface area (Å²) in [6.07, 6.45) is 2.84. The zero-order chi connectivity index (χ0) is 17.3. The van der Waals surface area contributed by atoms with Gasteiger partial charge in [0.25, 0.3) is 5.91 Å². The van der Waals surface area contributed by atoms with E-state index in [4.69, 9.17) is 0 Å². The van der Waals surface area contributed by atoms with Gasteiger partial charge < -0.3 is 5.32 Å². The second kappa shape index (κ2) is 6.34. The molecule has 0 bridgehead atoms. The number of amides is 2. The molecular weight excluding hydrogens is 311 g/mol. The van der Waals surface area contributed by atoms with Gasteiger partial charge >= 0.3 is 0 Å². The van der Waals surface area contributed by atoms with Gasteiger partial charge in [0.2, 0.25) is 5.91 Å². The second-order valence-corrected chi connectivity index (χ2v) is 6.86. The number of nitrogens with one attached hydrogen (secondary N) is 2.